The van der Waals surface area contributed by atoms with Crippen LogP contribution in [-0.2, 0) is 0 Å². The van der Waals surface area contributed by atoms with Crippen LogP contribution in [0.2, 0.25) is 10.0 Å². The van der Waals surface area contributed by atoms with Crippen molar-refractivity contribution in [3.05, 3.63) is 57.3 Å². The van der Waals surface area contributed by atoms with E-state index in [0.29, 0.717) is 40.3 Å². The molecule has 3 rings (SSSR count). The second kappa shape index (κ2) is 5.91. The normalized spacial score (nSPS) is 14.9. The van der Waals surface area contributed by atoms with Gasteiger partial charge in [-0.1, -0.05) is 23.2 Å². The van der Waals surface area contributed by atoms with E-state index in [0.717, 1.165) is 0 Å². The zero-order chi connectivity index (χ0) is 15.0. The maximum atomic E-state index is 13.9. The van der Waals surface area contributed by atoms with Crippen molar-refractivity contribution in [2.45, 2.75) is 5.38 Å². The summed E-state index contributed by atoms with van der Waals surface area (Å²) in [7, 11) is 0. The molecule has 6 heteroatoms. The summed E-state index contributed by atoms with van der Waals surface area (Å²) in [6.07, 6.45) is 0. The SMILES string of the molecule is Fc1ccc(Cl)cc1C(Cl)c1cc2c(cc1Cl)OCCO2. The summed E-state index contributed by atoms with van der Waals surface area (Å²) in [5, 5.41) is 0.0244. The lowest BCUT2D eigenvalue weighted by atomic mass is 10.0. The number of hydrogen-bond donors (Lipinski definition) is 0. The van der Waals surface area contributed by atoms with Gasteiger partial charge in [-0.2, -0.15) is 0 Å². The highest BCUT2D eigenvalue weighted by Crippen LogP contribution is 2.42. The first-order valence-corrected chi connectivity index (χ1v) is 7.43. The summed E-state index contributed by atoms with van der Waals surface area (Å²) in [6, 6.07) is 7.54. The lowest BCUT2D eigenvalue weighted by Gasteiger charge is -2.21. The van der Waals surface area contributed by atoms with Gasteiger partial charge in [-0.3, -0.25) is 0 Å². The molecule has 2 aromatic rings. The molecule has 1 heterocycles. The minimum absolute atomic E-state index is 0.266. The summed E-state index contributed by atoms with van der Waals surface area (Å²) in [5.74, 6) is 0.671. The first-order chi connectivity index (χ1) is 10.1. The molecule has 2 nitrogen and oxygen atoms in total. The van der Waals surface area contributed by atoms with Crippen LogP contribution in [0.15, 0.2) is 30.3 Å². The number of alkyl halides is 1. The van der Waals surface area contributed by atoms with Crippen molar-refractivity contribution in [3.63, 3.8) is 0 Å². The molecule has 1 aliphatic rings. The molecule has 0 saturated carbocycles. The highest BCUT2D eigenvalue weighted by atomic mass is 35.5. The monoisotopic (exact) mass is 346 g/mol. The third-order valence-corrected chi connectivity index (χ3v) is 4.20. The first kappa shape index (κ1) is 14.8. The molecular weight excluding hydrogens is 338 g/mol. The molecule has 0 N–H and O–H groups in total. The summed E-state index contributed by atoms with van der Waals surface area (Å²) in [4.78, 5) is 0. The van der Waals surface area contributed by atoms with Crippen LogP contribution in [0.4, 0.5) is 4.39 Å². The predicted octanol–water partition coefficient (Wildman–Crippen LogP) is 5.23. The molecule has 21 heavy (non-hydrogen) atoms. The van der Waals surface area contributed by atoms with E-state index in [4.69, 9.17) is 44.3 Å². The smallest absolute Gasteiger partial charge is 0.162 e. The fourth-order valence-electron chi connectivity index (χ4n) is 2.15. The number of hydrogen-bond acceptors (Lipinski definition) is 2. The van der Waals surface area contributed by atoms with Crippen molar-refractivity contribution in [3.8, 4) is 11.5 Å². The number of rotatable bonds is 2. The van der Waals surface area contributed by atoms with Gasteiger partial charge < -0.3 is 9.47 Å². The second-order valence-corrected chi connectivity index (χ2v) is 5.83. The molecule has 110 valence electrons. The third-order valence-electron chi connectivity index (χ3n) is 3.17. The van der Waals surface area contributed by atoms with Crippen LogP contribution in [0.5, 0.6) is 11.5 Å². The topological polar surface area (TPSA) is 18.5 Å². The van der Waals surface area contributed by atoms with Crippen LogP contribution in [0.25, 0.3) is 0 Å². The van der Waals surface area contributed by atoms with Crippen molar-refractivity contribution in [2.24, 2.45) is 0 Å². The summed E-state index contributed by atoms with van der Waals surface area (Å²) in [6.45, 7) is 0.919. The molecule has 1 aliphatic heterocycles. The highest BCUT2D eigenvalue weighted by Gasteiger charge is 2.22. The Morgan fingerprint density at radius 2 is 1.62 bits per heavy atom. The van der Waals surface area contributed by atoms with E-state index in [1.165, 1.54) is 18.2 Å². The zero-order valence-corrected chi connectivity index (χ0v) is 13.0. The molecule has 2 aromatic carbocycles. The van der Waals surface area contributed by atoms with E-state index in [9.17, 15) is 4.39 Å². The number of benzene rings is 2. The standard InChI is InChI=1S/C15H10Cl3FO2/c16-8-1-2-12(19)10(5-8)15(18)9-6-13-14(7-11(9)17)21-4-3-20-13/h1-2,5-7,15H,3-4H2. The summed E-state index contributed by atoms with van der Waals surface area (Å²) in [5.41, 5.74) is 0.812. The van der Waals surface area contributed by atoms with Gasteiger partial charge in [-0.25, -0.2) is 4.39 Å². The van der Waals surface area contributed by atoms with E-state index < -0.39 is 11.2 Å². The van der Waals surface area contributed by atoms with Crippen molar-refractivity contribution in [1.82, 2.24) is 0 Å². The van der Waals surface area contributed by atoms with Gasteiger partial charge in [0.25, 0.3) is 0 Å². The molecule has 0 amide bonds. The van der Waals surface area contributed by atoms with E-state index in [2.05, 4.69) is 0 Å². The Hall–Kier alpha value is -1.16. The molecule has 0 aromatic heterocycles. The fourth-order valence-corrected chi connectivity index (χ4v) is 3.00. The van der Waals surface area contributed by atoms with Gasteiger partial charge in [0.15, 0.2) is 11.5 Å². The van der Waals surface area contributed by atoms with E-state index in [1.807, 2.05) is 0 Å². The Kier molecular flexibility index (Phi) is 4.16. The number of halogens is 4. The molecule has 0 fully saturated rings. The molecule has 0 bridgehead atoms. The van der Waals surface area contributed by atoms with Gasteiger partial charge in [-0.05, 0) is 29.8 Å². The van der Waals surface area contributed by atoms with Gasteiger partial charge in [-0.15, -0.1) is 11.6 Å². The average Bonchev–Trinajstić information content (AvgIpc) is 2.48. The molecular formula is C15H10Cl3FO2. The van der Waals surface area contributed by atoms with Crippen LogP contribution in [-0.4, -0.2) is 13.2 Å². The average molecular weight is 348 g/mol. The summed E-state index contributed by atoms with van der Waals surface area (Å²) >= 11 is 18.5. The van der Waals surface area contributed by atoms with Gasteiger partial charge in [0, 0.05) is 21.7 Å². The minimum Gasteiger partial charge on any atom is -0.486 e. The minimum atomic E-state index is -0.771. The van der Waals surface area contributed by atoms with Crippen molar-refractivity contribution in [1.29, 1.82) is 0 Å². The van der Waals surface area contributed by atoms with Crippen LogP contribution in [0, 0.1) is 5.82 Å². The van der Waals surface area contributed by atoms with E-state index in [1.54, 1.807) is 12.1 Å². The van der Waals surface area contributed by atoms with Crippen LogP contribution < -0.4 is 9.47 Å². The van der Waals surface area contributed by atoms with Crippen LogP contribution in [0.3, 0.4) is 0 Å². The fraction of sp³-hybridized carbons (Fsp3) is 0.200. The molecule has 0 aliphatic carbocycles. The van der Waals surface area contributed by atoms with Crippen molar-refractivity contribution in [2.75, 3.05) is 13.2 Å². The Morgan fingerprint density at radius 3 is 2.33 bits per heavy atom. The molecule has 0 spiro atoms. The maximum absolute atomic E-state index is 13.9. The molecule has 0 saturated heterocycles. The Labute approximate surface area is 136 Å². The lowest BCUT2D eigenvalue weighted by Crippen LogP contribution is -2.15. The largest absolute Gasteiger partial charge is 0.486 e. The number of fused-ring (bicyclic) bond motifs is 1. The predicted molar refractivity (Wildman–Crippen MR) is 81.5 cm³/mol. The quantitative estimate of drug-likeness (QED) is 0.692. The van der Waals surface area contributed by atoms with Crippen molar-refractivity contribution >= 4 is 34.8 Å². The van der Waals surface area contributed by atoms with Gasteiger partial charge in [0.2, 0.25) is 0 Å². The Balaban J connectivity index is 2.05. The molecule has 0 radical (unpaired) electrons. The Morgan fingerprint density at radius 1 is 0.952 bits per heavy atom. The Bertz CT molecular complexity index is 691. The summed E-state index contributed by atoms with van der Waals surface area (Å²) < 4.78 is 24.9. The number of ether oxygens (including phenoxy) is 2. The maximum Gasteiger partial charge on any atom is 0.162 e. The highest BCUT2D eigenvalue weighted by molar-refractivity contribution is 6.33. The molecule has 1 atom stereocenters. The second-order valence-electron chi connectivity index (χ2n) is 4.55. The van der Waals surface area contributed by atoms with E-state index in [-0.39, 0.29) is 5.56 Å². The first-order valence-electron chi connectivity index (χ1n) is 6.24. The molecule has 1 unspecified atom stereocenters. The van der Waals surface area contributed by atoms with Crippen LogP contribution in [0.1, 0.15) is 16.5 Å². The lowest BCUT2D eigenvalue weighted by molar-refractivity contribution is 0.171. The van der Waals surface area contributed by atoms with Crippen molar-refractivity contribution < 1.29 is 13.9 Å². The zero-order valence-electron chi connectivity index (χ0n) is 10.7. The third kappa shape index (κ3) is 2.91. The van der Waals surface area contributed by atoms with Gasteiger partial charge in [0.05, 0.1) is 5.38 Å². The van der Waals surface area contributed by atoms with Gasteiger partial charge in [0.1, 0.15) is 19.0 Å². The van der Waals surface area contributed by atoms with E-state index >= 15 is 0 Å². The van der Waals surface area contributed by atoms with Gasteiger partial charge >= 0.3 is 0 Å². The van der Waals surface area contributed by atoms with Crippen LogP contribution >= 0.6 is 34.8 Å².